The summed E-state index contributed by atoms with van der Waals surface area (Å²) in [6, 6.07) is -0.104. The number of halogens is 1. The van der Waals surface area contributed by atoms with Gasteiger partial charge in [-0.3, -0.25) is 9.69 Å². The van der Waals surface area contributed by atoms with Crippen LogP contribution in [0.1, 0.15) is 38.2 Å². The molecule has 20 heavy (non-hydrogen) atoms. The van der Waals surface area contributed by atoms with Gasteiger partial charge in [0.25, 0.3) is 0 Å². The summed E-state index contributed by atoms with van der Waals surface area (Å²) in [6.45, 7) is 6.38. The van der Waals surface area contributed by atoms with Gasteiger partial charge in [0.15, 0.2) is 5.15 Å². The molecule has 1 atom stereocenters. The maximum atomic E-state index is 12.0. The zero-order valence-corrected chi connectivity index (χ0v) is 13.2. The number of likely N-dealkylation sites (N-methyl/N-ethyl adjacent to an activating group) is 1. The van der Waals surface area contributed by atoms with Gasteiger partial charge in [-0.1, -0.05) is 24.9 Å². The van der Waals surface area contributed by atoms with Crippen LogP contribution in [-0.4, -0.2) is 51.9 Å². The highest BCUT2D eigenvalue weighted by Gasteiger charge is 2.30. The van der Waals surface area contributed by atoms with Crippen molar-refractivity contribution in [2.24, 2.45) is 0 Å². The normalized spacial score (nSPS) is 20.7. The van der Waals surface area contributed by atoms with Crippen LogP contribution in [0.5, 0.6) is 0 Å². The molecule has 0 radical (unpaired) electrons. The predicted molar refractivity (Wildman–Crippen MR) is 79.7 cm³/mol. The first-order valence-corrected chi connectivity index (χ1v) is 7.63. The molecule has 1 saturated heterocycles. The molecule has 1 aromatic rings. The van der Waals surface area contributed by atoms with Crippen LogP contribution in [0.25, 0.3) is 0 Å². The molecule has 0 spiro atoms. The van der Waals surface area contributed by atoms with Crippen LogP contribution in [0, 0.1) is 0 Å². The first-order valence-electron chi connectivity index (χ1n) is 7.25. The Hall–Kier alpha value is -1.07. The highest BCUT2D eigenvalue weighted by Crippen LogP contribution is 2.19. The molecule has 0 aromatic carbocycles. The number of imidazole rings is 1. The number of piperazine rings is 1. The number of aryl methyl sites for hydroxylation is 1. The minimum Gasteiger partial charge on any atom is -0.344 e. The molecule has 1 aliphatic rings. The van der Waals surface area contributed by atoms with E-state index in [2.05, 4.69) is 21.8 Å². The topological polar surface area (TPSA) is 52.2 Å². The van der Waals surface area contributed by atoms with Gasteiger partial charge in [0, 0.05) is 33.1 Å². The lowest BCUT2D eigenvalue weighted by Crippen LogP contribution is -2.53. The summed E-state index contributed by atoms with van der Waals surface area (Å²) >= 11 is 6.19. The van der Waals surface area contributed by atoms with E-state index in [9.17, 15) is 4.79 Å². The van der Waals surface area contributed by atoms with Gasteiger partial charge in [-0.25, -0.2) is 4.98 Å². The highest BCUT2D eigenvalue weighted by molar-refractivity contribution is 6.30. The van der Waals surface area contributed by atoms with Gasteiger partial charge in [-0.15, -0.1) is 0 Å². The third kappa shape index (κ3) is 3.33. The summed E-state index contributed by atoms with van der Waals surface area (Å²) in [5.74, 6) is 1.11. The van der Waals surface area contributed by atoms with Crippen molar-refractivity contribution in [2.75, 3.05) is 20.1 Å². The van der Waals surface area contributed by atoms with Crippen molar-refractivity contribution in [2.45, 2.75) is 45.7 Å². The average Bonchev–Trinajstić information content (AvgIpc) is 2.77. The number of nitrogens with zero attached hydrogens (tertiary/aromatic N) is 3. The molecule has 6 heteroatoms. The second-order valence-electron chi connectivity index (χ2n) is 5.46. The minimum atomic E-state index is -0.104. The predicted octanol–water partition coefficient (Wildman–Crippen LogP) is 2.07. The van der Waals surface area contributed by atoms with Gasteiger partial charge in [0.05, 0.1) is 11.7 Å². The molecule has 0 bridgehead atoms. The second kappa shape index (κ2) is 6.59. The standard InChI is InChI=1S/C14H23ClN4O/c1-4-5-6-12-16-11(13(15)17-12)9-19-8-7-18(3)14(20)10(19)2/h10H,4-9H2,1-3H3,(H,16,17)/t10-/m1/s1. The Morgan fingerprint density at radius 3 is 2.90 bits per heavy atom. The van der Waals surface area contributed by atoms with Crippen LogP contribution >= 0.6 is 11.6 Å². The van der Waals surface area contributed by atoms with Crippen molar-refractivity contribution in [3.63, 3.8) is 0 Å². The first kappa shape index (κ1) is 15.3. The van der Waals surface area contributed by atoms with Gasteiger partial charge in [0.1, 0.15) is 5.82 Å². The number of carbonyl (C=O) groups is 1. The van der Waals surface area contributed by atoms with Crippen molar-refractivity contribution >= 4 is 17.5 Å². The lowest BCUT2D eigenvalue weighted by Gasteiger charge is -2.37. The Bertz CT molecular complexity index is 474. The molecule has 1 N–H and O–H groups in total. The minimum absolute atomic E-state index is 0.104. The fourth-order valence-corrected chi connectivity index (χ4v) is 2.69. The van der Waals surface area contributed by atoms with E-state index in [1.165, 1.54) is 0 Å². The summed E-state index contributed by atoms with van der Waals surface area (Å²) < 4.78 is 0. The Kier molecular flexibility index (Phi) is 5.05. The summed E-state index contributed by atoms with van der Waals surface area (Å²) in [4.78, 5) is 23.6. The molecule has 0 saturated carbocycles. The van der Waals surface area contributed by atoms with E-state index in [0.29, 0.717) is 11.7 Å². The lowest BCUT2D eigenvalue weighted by molar-refractivity contribution is -0.139. The van der Waals surface area contributed by atoms with E-state index in [0.717, 1.165) is 43.9 Å². The monoisotopic (exact) mass is 298 g/mol. The van der Waals surface area contributed by atoms with Crippen LogP contribution < -0.4 is 0 Å². The van der Waals surface area contributed by atoms with Crippen molar-refractivity contribution < 1.29 is 4.79 Å². The quantitative estimate of drug-likeness (QED) is 0.905. The summed E-state index contributed by atoms with van der Waals surface area (Å²) in [6.07, 6.45) is 3.16. The molecule has 1 fully saturated rings. The number of aromatic amines is 1. The Balaban J connectivity index is 2.02. The van der Waals surface area contributed by atoms with Crippen LogP contribution in [0.15, 0.2) is 0 Å². The fourth-order valence-electron chi connectivity index (χ4n) is 2.48. The van der Waals surface area contributed by atoms with Crippen LogP contribution in [-0.2, 0) is 17.8 Å². The smallest absolute Gasteiger partial charge is 0.239 e. The van der Waals surface area contributed by atoms with Crippen LogP contribution in [0.4, 0.5) is 0 Å². The van der Waals surface area contributed by atoms with Gasteiger partial charge < -0.3 is 9.88 Å². The maximum absolute atomic E-state index is 12.0. The number of amides is 1. The fraction of sp³-hybridized carbons (Fsp3) is 0.714. The summed E-state index contributed by atoms with van der Waals surface area (Å²) in [5, 5.41) is 0.537. The molecule has 2 heterocycles. The van der Waals surface area contributed by atoms with Crippen LogP contribution in [0.3, 0.4) is 0 Å². The molecular weight excluding hydrogens is 276 g/mol. The SMILES string of the molecule is CCCCc1nc(Cl)c(CN2CCN(C)C(=O)[C@H]2C)[nH]1. The number of aromatic nitrogens is 2. The van der Waals surface area contributed by atoms with E-state index in [4.69, 9.17) is 11.6 Å². The van der Waals surface area contributed by atoms with E-state index in [-0.39, 0.29) is 11.9 Å². The molecule has 1 aromatic heterocycles. The van der Waals surface area contributed by atoms with Crippen molar-refractivity contribution in [3.05, 3.63) is 16.7 Å². The number of H-pyrrole nitrogens is 1. The van der Waals surface area contributed by atoms with Gasteiger partial charge in [-0.05, 0) is 13.3 Å². The molecular formula is C14H23ClN4O. The zero-order chi connectivity index (χ0) is 14.7. The van der Waals surface area contributed by atoms with Crippen molar-refractivity contribution in [1.82, 2.24) is 19.8 Å². The summed E-state index contributed by atoms with van der Waals surface area (Å²) in [7, 11) is 1.85. The Morgan fingerprint density at radius 1 is 1.45 bits per heavy atom. The number of nitrogens with one attached hydrogen (secondary N) is 1. The molecule has 0 unspecified atom stereocenters. The highest BCUT2D eigenvalue weighted by atomic mass is 35.5. The first-order chi connectivity index (χ1) is 9.52. The zero-order valence-electron chi connectivity index (χ0n) is 12.4. The van der Waals surface area contributed by atoms with Gasteiger partial charge >= 0.3 is 0 Å². The van der Waals surface area contributed by atoms with Crippen LogP contribution in [0.2, 0.25) is 5.15 Å². The number of rotatable bonds is 5. The lowest BCUT2D eigenvalue weighted by atomic mass is 10.2. The third-order valence-corrected chi connectivity index (χ3v) is 4.22. The summed E-state index contributed by atoms with van der Waals surface area (Å²) in [5.41, 5.74) is 0.918. The van der Waals surface area contributed by atoms with Gasteiger partial charge in [0.2, 0.25) is 5.91 Å². The maximum Gasteiger partial charge on any atom is 0.239 e. The van der Waals surface area contributed by atoms with E-state index < -0.39 is 0 Å². The number of carbonyl (C=O) groups excluding carboxylic acids is 1. The number of unbranched alkanes of at least 4 members (excludes halogenated alkanes) is 1. The molecule has 5 nitrogen and oxygen atoms in total. The number of hydrogen-bond donors (Lipinski definition) is 1. The number of hydrogen-bond acceptors (Lipinski definition) is 3. The Morgan fingerprint density at radius 2 is 2.20 bits per heavy atom. The van der Waals surface area contributed by atoms with Gasteiger partial charge in [-0.2, -0.15) is 0 Å². The molecule has 112 valence electrons. The molecule has 2 rings (SSSR count). The molecule has 1 amide bonds. The largest absolute Gasteiger partial charge is 0.344 e. The van der Waals surface area contributed by atoms with E-state index in [1.54, 1.807) is 4.90 Å². The van der Waals surface area contributed by atoms with E-state index >= 15 is 0 Å². The third-order valence-electron chi connectivity index (χ3n) is 3.91. The second-order valence-corrected chi connectivity index (χ2v) is 5.82. The average molecular weight is 299 g/mol. The van der Waals surface area contributed by atoms with Crippen molar-refractivity contribution in [1.29, 1.82) is 0 Å². The molecule has 1 aliphatic heterocycles. The molecule has 0 aliphatic carbocycles. The van der Waals surface area contributed by atoms with Crippen molar-refractivity contribution in [3.8, 4) is 0 Å². The Labute approximate surface area is 125 Å². The van der Waals surface area contributed by atoms with E-state index in [1.807, 2.05) is 14.0 Å².